The van der Waals surface area contributed by atoms with E-state index in [4.69, 9.17) is 5.73 Å². The van der Waals surface area contributed by atoms with Crippen molar-refractivity contribution in [3.63, 3.8) is 0 Å². The van der Waals surface area contributed by atoms with Gasteiger partial charge in [-0.25, -0.2) is 0 Å². The Bertz CT molecular complexity index is 456. The Kier molecular flexibility index (Phi) is 4.02. The summed E-state index contributed by atoms with van der Waals surface area (Å²) < 4.78 is 0.606. The number of halogens is 1. The minimum atomic E-state index is -0.350. The van der Waals surface area contributed by atoms with Crippen molar-refractivity contribution in [3.8, 4) is 0 Å². The molecule has 18 heavy (non-hydrogen) atoms. The van der Waals surface area contributed by atoms with E-state index in [9.17, 15) is 10.1 Å². The lowest BCUT2D eigenvalue weighted by atomic mass is 9.80. The Balaban J connectivity index is 2.29. The summed E-state index contributed by atoms with van der Waals surface area (Å²) in [5.41, 5.74) is 7.19. The van der Waals surface area contributed by atoms with Crippen molar-refractivity contribution in [1.82, 2.24) is 0 Å². The van der Waals surface area contributed by atoms with E-state index in [0.29, 0.717) is 11.0 Å². The average Bonchev–Trinajstić information content (AvgIpc) is 2.81. The van der Waals surface area contributed by atoms with Gasteiger partial charge in [-0.1, -0.05) is 25.0 Å². The topological polar surface area (TPSA) is 69.2 Å². The molecule has 1 aromatic carbocycles. The predicted octanol–water partition coefficient (Wildman–Crippen LogP) is 3.42. The van der Waals surface area contributed by atoms with Crippen LogP contribution in [0.4, 0.5) is 5.69 Å². The Morgan fingerprint density at radius 2 is 2.06 bits per heavy atom. The van der Waals surface area contributed by atoms with Gasteiger partial charge < -0.3 is 5.73 Å². The van der Waals surface area contributed by atoms with E-state index in [1.807, 2.05) is 6.07 Å². The highest BCUT2D eigenvalue weighted by Gasteiger charge is 2.33. The summed E-state index contributed by atoms with van der Waals surface area (Å²) in [4.78, 5) is 10.6. The highest BCUT2D eigenvalue weighted by molar-refractivity contribution is 9.10. The number of rotatable bonds is 4. The molecule has 0 amide bonds. The van der Waals surface area contributed by atoms with Gasteiger partial charge in [0, 0.05) is 6.07 Å². The third kappa shape index (κ3) is 2.57. The first-order valence-corrected chi connectivity index (χ1v) is 6.99. The van der Waals surface area contributed by atoms with Crippen LogP contribution in [0.15, 0.2) is 22.7 Å². The van der Waals surface area contributed by atoms with E-state index in [2.05, 4.69) is 15.9 Å². The van der Waals surface area contributed by atoms with Gasteiger partial charge in [-0.2, -0.15) is 0 Å². The van der Waals surface area contributed by atoms with Gasteiger partial charge in [0.2, 0.25) is 0 Å². The number of nitrogens with two attached hydrogens (primary N) is 1. The van der Waals surface area contributed by atoms with Crippen LogP contribution in [0.1, 0.15) is 31.2 Å². The van der Waals surface area contributed by atoms with Gasteiger partial charge in [-0.3, -0.25) is 10.1 Å². The van der Waals surface area contributed by atoms with Crippen LogP contribution in [0.2, 0.25) is 0 Å². The number of benzene rings is 1. The molecule has 0 saturated heterocycles. The quantitative estimate of drug-likeness (QED) is 0.684. The molecule has 1 aliphatic carbocycles. The Morgan fingerprint density at radius 3 is 2.61 bits per heavy atom. The van der Waals surface area contributed by atoms with E-state index < -0.39 is 0 Å². The first kappa shape index (κ1) is 13.5. The molecule has 5 heteroatoms. The molecule has 1 saturated carbocycles. The molecular formula is C13H17BrN2O2. The molecule has 0 unspecified atom stereocenters. The first-order chi connectivity index (χ1) is 8.58. The van der Waals surface area contributed by atoms with Crippen LogP contribution in [-0.4, -0.2) is 11.5 Å². The summed E-state index contributed by atoms with van der Waals surface area (Å²) in [6.07, 6.45) is 5.50. The molecule has 2 N–H and O–H groups in total. The first-order valence-electron chi connectivity index (χ1n) is 6.20. The highest BCUT2D eigenvalue weighted by atomic mass is 79.9. The molecule has 0 aliphatic heterocycles. The van der Waals surface area contributed by atoms with E-state index in [0.717, 1.165) is 24.8 Å². The van der Waals surface area contributed by atoms with E-state index in [-0.39, 0.29) is 16.0 Å². The molecule has 0 bridgehead atoms. The molecule has 0 spiro atoms. The van der Waals surface area contributed by atoms with E-state index in [1.54, 1.807) is 6.07 Å². The Hall–Kier alpha value is -0.940. The molecule has 0 radical (unpaired) electrons. The van der Waals surface area contributed by atoms with Crippen molar-refractivity contribution < 1.29 is 4.92 Å². The molecule has 1 fully saturated rings. The van der Waals surface area contributed by atoms with Crippen LogP contribution in [0.5, 0.6) is 0 Å². The summed E-state index contributed by atoms with van der Waals surface area (Å²) in [6.45, 7) is 0.655. The van der Waals surface area contributed by atoms with Crippen molar-refractivity contribution in [1.29, 1.82) is 0 Å². The summed E-state index contributed by atoms with van der Waals surface area (Å²) in [5.74, 6) is 0. The van der Waals surface area contributed by atoms with E-state index >= 15 is 0 Å². The minimum absolute atomic E-state index is 0.137. The van der Waals surface area contributed by atoms with Gasteiger partial charge in [-0.05, 0) is 52.7 Å². The van der Waals surface area contributed by atoms with Crippen LogP contribution < -0.4 is 5.73 Å². The summed E-state index contributed by atoms with van der Waals surface area (Å²) in [7, 11) is 0. The predicted molar refractivity (Wildman–Crippen MR) is 74.5 cm³/mol. The van der Waals surface area contributed by atoms with Gasteiger partial charge in [0.25, 0.3) is 5.69 Å². The summed E-state index contributed by atoms with van der Waals surface area (Å²) >= 11 is 3.36. The fourth-order valence-corrected chi connectivity index (χ4v) is 3.38. The number of nitrogens with zero attached hydrogens (tertiary/aromatic N) is 1. The van der Waals surface area contributed by atoms with Crippen LogP contribution >= 0.6 is 15.9 Å². The number of nitro groups is 1. The smallest absolute Gasteiger partial charge is 0.283 e. The summed E-state index contributed by atoms with van der Waals surface area (Å²) in [6, 6.07) is 5.22. The lowest BCUT2D eigenvalue weighted by molar-refractivity contribution is -0.385. The fraction of sp³-hybridized carbons (Fsp3) is 0.538. The van der Waals surface area contributed by atoms with Gasteiger partial charge in [-0.15, -0.1) is 0 Å². The van der Waals surface area contributed by atoms with Gasteiger partial charge in [0.1, 0.15) is 0 Å². The maximum absolute atomic E-state index is 10.9. The highest BCUT2D eigenvalue weighted by Crippen LogP contribution is 2.42. The minimum Gasteiger partial charge on any atom is -0.330 e. The second-order valence-corrected chi connectivity index (χ2v) is 5.89. The molecule has 2 rings (SSSR count). The molecular weight excluding hydrogens is 296 g/mol. The number of hydrogen-bond donors (Lipinski definition) is 1. The van der Waals surface area contributed by atoms with Crippen LogP contribution in [0.25, 0.3) is 0 Å². The lowest BCUT2D eigenvalue weighted by Gasteiger charge is -2.27. The SMILES string of the molecule is NCC1(Cc2cccc([N+](=O)[O-])c2Br)CCCC1. The van der Waals surface area contributed by atoms with Crippen LogP contribution in [-0.2, 0) is 6.42 Å². The summed E-state index contributed by atoms with van der Waals surface area (Å²) in [5, 5.41) is 10.9. The molecule has 0 atom stereocenters. The zero-order chi connectivity index (χ0) is 13.2. The maximum Gasteiger partial charge on any atom is 0.283 e. The van der Waals surface area contributed by atoms with Gasteiger partial charge >= 0.3 is 0 Å². The molecule has 4 nitrogen and oxygen atoms in total. The van der Waals surface area contributed by atoms with Gasteiger partial charge in [0.15, 0.2) is 0 Å². The zero-order valence-corrected chi connectivity index (χ0v) is 11.8. The third-order valence-electron chi connectivity index (χ3n) is 3.92. The molecule has 0 aromatic heterocycles. The molecule has 0 heterocycles. The fourth-order valence-electron chi connectivity index (χ4n) is 2.83. The second kappa shape index (κ2) is 5.36. The van der Waals surface area contributed by atoms with Gasteiger partial charge in [0.05, 0.1) is 9.40 Å². The van der Waals surface area contributed by atoms with E-state index in [1.165, 1.54) is 18.9 Å². The third-order valence-corrected chi connectivity index (χ3v) is 4.83. The maximum atomic E-state index is 10.9. The van der Waals surface area contributed by atoms with Crippen molar-refractivity contribution in [2.75, 3.05) is 6.54 Å². The van der Waals surface area contributed by atoms with Crippen molar-refractivity contribution >= 4 is 21.6 Å². The zero-order valence-electron chi connectivity index (χ0n) is 10.2. The molecule has 1 aliphatic rings. The Morgan fingerprint density at radius 1 is 1.39 bits per heavy atom. The monoisotopic (exact) mass is 312 g/mol. The Labute approximate surface area is 115 Å². The standard InChI is InChI=1S/C13H17BrN2O2/c14-12-10(4-3-5-11(12)16(17)18)8-13(9-15)6-1-2-7-13/h3-5H,1-2,6-9,15H2. The van der Waals surface area contributed by atoms with Crippen molar-refractivity contribution in [3.05, 3.63) is 38.3 Å². The normalized spacial score (nSPS) is 17.9. The largest absolute Gasteiger partial charge is 0.330 e. The number of nitro benzene ring substituents is 1. The second-order valence-electron chi connectivity index (χ2n) is 5.10. The average molecular weight is 313 g/mol. The van der Waals surface area contributed by atoms with Crippen LogP contribution in [0.3, 0.4) is 0 Å². The van der Waals surface area contributed by atoms with Crippen LogP contribution in [0, 0.1) is 15.5 Å². The molecule has 1 aromatic rings. The molecule has 98 valence electrons. The van der Waals surface area contributed by atoms with Crippen molar-refractivity contribution in [2.24, 2.45) is 11.1 Å². The number of hydrogen-bond acceptors (Lipinski definition) is 3. The van der Waals surface area contributed by atoms with Crippen molar-refractivity contribution in [2.45, 2.75) is 32.1 Å². The lowest BCUT2D eigenvalue weighted by Crippen LogP contribution is -2.29.